The second-order valence-corrected chi connectivity index (χ2v) is 6.35. The highest BCUT2D eigenvalue weighted by Crippen LogP contribution is 2.17. The predicted octanol–water partition coefficient (Wildman–Crippen LogP) is 1.93. The maximum atomic E-state index is 12.2. The topological polar surface area (TPSA) is 58.4 Å². The van der Waals surface area contributed by atoms with Crippen LogP contribution in [0, 0.1) is 0 Å². The largest absolute Gasteiger partial charge is 0.392 e. The molecule has 0 aromatic heterocycles. The Hall–Kier alpha value is -0.980. The molecule has 1 aromatic carbocycles. The van der Waals surface area contributed by atoms with Gasteiger partial charge in [0.05, 0.1) is 10.6 Å². The fourth-order valence-corrected chi connectivity index (χ4v) is 3.01. The van der Waals surface area contributed by atoms with Crippen molar-refractivity contribution in [2.45, 2.75) is 18.9 Å². The molecule has 0 atom stereocenters. The van der Waals surface area contributed by atoms with Gasteiger partial charge in [0.1, 0.15) is 0 Å². The molecule has 0 radical (unpaired) electrons. The van der Waals surface area contributed by atoms with E-state index < -0.39 is 0 Å². The van der Waals surface area contributed by atoms with E-state index in [0.717, 1.165) is 30.4 Å². The van der Waals surface area contributed by atoms with Gasteiger partial charge in [0, 0.05) is 30.1 Å². The van der Waals surface area contributed by atoms with Gasteiger partial charge in [-0.15, -0.1) is 0 Å². The molecule has 20 heavy (non-hydrogen) atoms. The molecule has 0 bridgehead atoms. The first-order chi connectivity index (χ1) is 9.56. The van der Waals surface area contributed by atoms with E-state index in [2.05, 4.69) is 26.1 Å². The molecule has 0 saturated carbocycles. The number of benzene rings is 1. The van der Waals surface area contributed by atoms with Crippen molar-refractivity contribution >= 4 is 39.0 Å². The van der Waals surface area contributed by atoms with Crippen molar-refractivity contribution in [3.05, 3.63) is 34.3 Å². The summed E-state index contributed by atoms with van der Waals surface area (Å²) in [5.74, 6) is -0.0229. The number of hydrogen-bond donors (Lipinski definition) is 2. The van der Waals surface area contributed by atoms with E-state index in [0.29, 0.717) is 17.1 Å². The lowest BCUT2D eigenvalue weighted by Gasteiger charge is -2.32. The Morgan fingerprint density at radius 1 is 1.40 bits per heavy atom. The Morgan fingerprint density at radius 3 is 2.65 bits per heavy atom. The van der Waals surface area contributed by atoms with Gasteiger partial charge in [-0.1, -0.05) is 24.4 Å². The van der Waals surface area contributed by atoms with Crippen LogP contribution in [-0.4, -0.2) is 41.5 Å². The number of carbonyl (C=O) groups is 1. The van der Waals surface area contributed by atoms with E-state index >= 15 is 0 Å². The summed E-state index contributed by atoms with van der Waals surface area (Å²) in [7, 11) is 0. The predicted molar refractivity (Wildman–Crippen MR) is 87.9 cm³/mol. The van der Waals surface area contributed by atoms with Crippen LogP contribution in [0.1, 0.15) is 23.2 Å². The normalized spacial score (nSPS) is 16.9. The monoisotopic (exact) mass is 355 g/mol. The minimum atomic E-state index is -0.0229. The fourth-order valence-electron chi connectivity index (χ4n) is 2.36. The molecule has 108 valence electrons. The summed E-state index contributed by atoms with van der Waals surface area (Å²) >= 11 is 8.32. The molecular weight excluding hydrogens is 338 g/mol. The lowest BCUT2D eigenvalue weighted by Crippen LogP contribution is -2.46. The lowest BCUT2D eigenvalue weighted by molar-refractivity contribution is 0.0914. The van der Waals surface area contributed by atoms with Crippen LogP contribution in [-0.2, 0) is 0 Å². The van der Waals surface area contributed by atoms with E-state index in [1.807, 2.05) is 24.3 Å². The van der Waals surface area contributed by atoms with Crippen molar-refractivity contribution in [2.75, 3.05) is 19.6 Å². The number of likely N-dealkylation sites (tertiary alicyclic amines) is 1. The van der Waals surface area contributed by atoms with Gasteiger partial charge >= 0.3 is 0 Å². The molecule has 1 aliphatic rings. The third-order valence-corrected chi connectivity index (χ3v) is 4.24. The molecule has 1 aromatic rings. The second kappa shape index (κ2) is 7.15. The third kappa shape index (κ3) is 4.26. The molecule has 1 heterocycles. The molecule has 1 fully saturated rings. The molecule has 0 aliphatic carbocycles. The molecule has 3 N–H and O–H groups in total. The number of nitrogens with two attached hydrogens (primary N) is 1. The molecular formula is C14H18BrN3OS. The Bertz CT molecular complexity index is 501. The second-order valence-electron chi connectivity index (χ2n) is 4.97. The van der Waals surface area contributed by atoms with Crippen molar-refractivity contribution in [3.8, 4) is 0 Å². The van der Waals surface area contributed by atoms with Gasteiger partial charge in [-0.25, -0.2) is 0 Å². The van der Waals surface area contributed by atoms with Gasteiger partial charge in [-0.2, -0.15) is 0 Å². The number of nitrogens with zero attached hydrogens (tertiary/aromatic N) is 1. The third-order valence-electron chi connectivity index (χ3n) is 3.42. The highest BCUT2D eigenvalue weighted by molar-refractivity contribution is 9.10. The van der Waals surface area contributed by atoms with Gasteiger partial charge in [-0.05, 0) is 40.9 Å². The molecule has 6 heteroatoms. The maximum absolute atomic E-state index is 12.2. The van der Waals surface area contributed by atoms with Gasteiger partial charge in [-0.3, -0.25) is 9.69 Å². The summed E-state index contributed by atoms with van der Waals surface area (Å²) in [5.41, 5.74) is 6.22. The number of halogens is 1. The van der Waals surface area contributed by atoms with Crippen molar-refractivity contribution in [2.24, 2.45) is 5.73 Å². The zero-order chi connectivity index (χ0) is 14.5. The van der Waals surface area contributed by atoms with Crippen molar-refractivity contribution < 1.29 is 4.79 Å². The minimum absolute atomic E-state index is 0.0229. The highest BCUT2D eigenvalue weighted by Gasteiger charge is 2.21. The smallest absolute Gasteiger partial charge is 0.252 e. The Labute approximate surface area is 132 Å². The highest BCUT2D eigenvalue weighted by atomic mass is 79.9. The Morgan fingerprint density at radius 2 is 2.05 bits per heavy atom. The molecule has 2 rings (SSSR count). The van der Waals surface area contributed by atoms with Crippen molar-refractivity contribution in [3.63, 3.8) is 0 Å². The summed E-state index contributed by atoms with van der Waals surface area (Å²) < 4.78 is 0.823. The molecule has 1 aliphatic heterocycles. The molecule has 4 nitrogen and oxygen atoms in total. The SMILES string of the molecule is NC(=S)CN1CCC(NC(=O)c2ccccc2Br)CC1. The Kier molecular flexibility index (Phi) is 5.51. The van der Waals surface area contributed by atoms with E-state index in [9.17, 15) is 4.79 Å². The van der Waals surface area contributed by atoms with Crippen LogP contribution in [0.15, 0.2) is 28.7 Å². The minimum Gasteiger partial charge on any atom is -0.392 e. The average Bonchev–Trinajstić information content (AvgIpc) is 2.41. The van der Waals surface area contributed by atoms with Crippen LogP contribution in [0.3, 0.4) is 0 Å². The maximum Gasteiger partial charge on any atom is 0.252 e. The van der Waals surface area contributed by atoms with Crippen molar-refractivity contribution in [1.29, 1.82) is 0 Å². The van der Waals surface area contributed by atoms with E-state index in [-0.39, 0.29) is 11.9 Å². The molecule has 0 unspecified atom stereocenters. The zero-order valence-electron chi connectivity index (χ0n) is 11.1. The summed E-state index contributed by atoms with van der Waals surface area (Å²) in [4.78, 5) is 15.0. The van der Waals surface area contributed by atoms with E-state index in [1.165, 1.54) is 0 Å². The quantitative estimate of drug-likeness (QED) is 0.810. The van der Waals surface area contributed by atoms with Crippen LogP contribution >= 0.6 is 28.1 Å². The van der Waals surface area contributed by atoms with Gasteiger partial charge in [0.25, 0.3) is 5.91 Å². The van der Waals surface area contributed by atoms with Gasteiger partial charge < -0.3 is 11.1 Å². The fraction of sp³-hybridized carbons (Fsp3) is 0.429. The van der Waals surface area contributed by atoms with Crippen LogP contribution < -0.4 is 11.1 Å². The first-order valence-corrected chi connectivity index (χ1v) is 7.82. The summed E-state index contributed by atoms with van der Waals surface area (Å²) in [6.07, 6.45) is 1.86. The number of nitrogens with one attached hydrogen (secondary N) is 1. The molecule has 1 amide bonds. The van der Waals surface area contributed by atoms with Gasteiger partial charge in [0.2, 0.25) is 0 Å². The number of amides is 1. The first kappa shape index (κ1) is 15.4. The van der Waals surface area contributed by atoms with Gasteiger partial charge in [0.15, 0.2) is 0 Å². The number of piperidine rings is 1. The number of carbonyl (C=O) groups excluding carboxylic acids is 1. The van der Waals surface area contributed by atoms with Crippen LogP contribution in [0.25, 0.3) is 0 Å². The number of thiocarbonyl (C=S) groups is 1. The summed E-state index contributed by atoms with van der Waals surface area (Å²) in [5, 5.41) is 3.09. The van der Waals surface area contributed by atoms with Crippen LogP contribution in [0.2, 0.25) is 0 Å². The summed E-state index contributed by atoms with van der Waals surface area (Å²) in [6, 6.07) is 7.68. The molecule has 1 saturated heterocycles. The van der Waals surface area contributed by atoms with Crippen LogP contribution in [0.5, 0.6) is 0 Å². The van der Waals surface area contributed by atoms with Crippen molar-refractivity contribution in [1.82, 2.24) is 10.2 Å². The summed E-state index contributed by atoms with van der Waals surface area (Å²) in [6.45, 7) is 2.50. The number of rotatable bonds is 4. The number of hydrogen-bond acceptors (Lipinski definition) is 3. The van der Waals surface area contributed by atoms with E-state index in [4.69, 9.17) is 18.0 Å². The zero-order valence-corrected chi connectivity index (χ0v) is 13.5. The van der Waals surface area contributed by atoms with Crippen LogP contribution in [0.4, 0.5) is 0 Å². The lowest BCUT2D eigenvalue weighted by atomic mass is 10.0. The molecule has 0 spiro atoms. The average molecular weight is 356 g/mol. The van der Waals surface area contributed by atoms with E-state index in [1.54, 1.807) is 0 Å². The first-order valence-electron chi connectivity index (χ1n) is 6.62. The Balaban J connectivity index is 1.85. The standard InChI is InChI=1S/C14H18BrN3OS/c15-12-4-2-1-3-11(12)14(19)17-10-5-7-18(8-6-10)9-13(16)20/h1-4,10H,5-9H2,(H2,16,20)(H,17,19).